The minimum atomic E-state index is -1.05. The molecule has 0 aliphatic rings. The average Bonchev–Trinajstić information content (AvgIpc) is 2.27. The first-order chi connectivity index (χ1) is 7.22. The predicted molar refractivity (Wildman–Crippen MR) is 56.6 cm³/mol. The quantitative estimate of drug-likeness (QED) is 0.710. The third-order valence-corrected chi connectivity index (χ3v) is 2.09. The largest absolute Gasteiger partial charge is 0.477 e. The van der Waals surface area contributed by atoms with Gasteiger partial charge in [0.25, 0.3) is 0 Å². The Kier molecular flexibility index (Phi) is 2.11. The molecule has 15 heavy (non-hydrogen) atoms. The summed E-state index contributed by atoms with van der Waals surface area (Å²) in [5, 5.41) is 9.64. The third kappa shape index (κ3) is 1.53. The summed E-state index contributed by atoms with van der Waals surface area (Å²) in [5.41, 5.74) is 1.17. The number of hydrogen-bond donors (Lipinski definition) is 1. The maximum atomic E-state index is 10.7. The number of pyridine rings is 1. The molecular formula is C12H7NO2. The Morgan fingerprint density at radius 1 is 1.33 bits per heavy atom. The van der Waals surface area contributed by atoms with Gasteiger partial charge >= 0.3 is 5.97 Å². The van der Waals surface area contributed by atoms with Gasteiger partial charge in [-0.15, -0.1) is 6.42 Å². The molecule has 3 heteroatoms. The third-order valence-electron chi connectivity index (χ3n) is 2.09. The molecule has 3 nitrogen and oxygen atoms in total. The van der Waals surface area contributed by atoms with Crippen LogP contribution < -0.4 is 0 Å². The van der Waals surface area contributed by atoms with E-state index in [-0.39, 0.29) is 5.69 Å². The van der Waals surface area contributed by atoms with Crippen LogP contribution in [0.1, 0.15) is 16.1 Å². The smallest absolute Gasteiger partial charge is 0.354 e. The summed E-state index contributed by atoms with van der Waals surface area (Å²) in [6.45, 7) is 0. The molecule has 0 saturated carbocycles. The highest BCUT2D eigenvalue weighted by Gasteiger charge is 2.06. The fraction of sp³-hybridized carbons (Fsp3) is 0. The molecule has 0 amide bonds. The Morgan fingerprint density at radius 2 is 2.13 bits per heavy atom. The number of benzene rings is 1. The minimum absolute atomic E-state index is 0.00481. The van der Waals surface area contributed by atoms with Crippen molar-refractivity contribution in [1.82, 2.24) is 4.98 Å². The summed E-state index contributed by atoms with van der Waals surface area (Å²) < 4.78 is 0. The monoisotopic (exact) mass is 197 g/mol. The van der Waals surface area contributed by atoms with Gasteiger partial charge in [-0.05, 0) is 12.1 Å². The maximum absolute atomic E-state index is 10.7. The molecule has 0 spiro atoms. The van der Waals surface area contributed by atoms with Crippen molar-refractivity contribution >= 4 is 16.9 Å². The average molecular weight is 197 g/mol. The number of hydrogen-bond acceptors (Lipinski definition) is 2. The van der Waals surface area contributed by atoms with Crippen molar-refractivity contribution in [3.05, 3.63) is 41.6 Å². The lowest BCUT2D eigenvalue weighted by Crippen LogP contribution is -2.00. The summed E-state index contributed by atoms with van der Waals surface area (Å²) >= 11 is 0. The summed E-state index contributed by atoms with van der Waals surface area (Å²) in [5.74, 6) is 1.43. The molecule has 0 aliphatic carbocycles. The lowest BCUT2D eigenvalue weighted by atomic mass is 10.1. The van der Waals surface area contributed by atoms with Crippen LogP contribution >= 0.6 is 0 Å². The van der Waals surface area contributed by atoms with Crippen molar-refractivity contribution in [3.8, 4) is 12.3 Å². The Morgan fingerprint density at radius 3 is 2.80 bits per heavy atom. The molecule has 0 saturated heterocycles. The van der Waals surface area contributed by atoms with E-state index in [0.717, 1.165) is 5.39 Å². The SMILES string of the molecule is C#Cc1cccc2ccc(C(=O)O)nc12. The van der Waals surface area contributed by atoms with Crippen molar-refractivity contribution in [3.63, 3.8) is 0 Å². The maximum Gasteiger partial charge on any atom is 0.354 e. The van der Waals surface area contributed by atoms with Gasteiger partial charge in [-0.2, -0.15) is 0 Å². The molecule has 72 valence electrons. The molecular weight excluding hydrogens is 190 g/mol. The molecule has 2 aromatic rings. The molecule has 0 atom stereocenters. The van der Waals surface area contributed by atoms with Gasteiger partial charge in [0.15, 0.2) is 0 Å². The number of nitrogens with zero attached hydrogens (tertiary/aromatic N) is 1. The molecule has 1 N–H and O–H groups in total. The Balaban J connectivity index is 2.80. The standard InChI is InChI=1S/C12H7NO2/c1-2-8-4-3-5-9-6-7-10(12(14)15)13-11(8)9/h1,3-7H,(H,14,15). The van der Waals surface area contributed by atoms with E-state index >= 15 is 0 Å². The van der Waals surface area contributed by atoms with E-state index in [1.54, 1.807) is 12.1 Å². The number of fused-ring (bicyclic) bond motifs is 1. The van der Waals surface area contributed by atoms with Crippen LogP contribution in [0, 0.1) is 12.3 Å². The topological polar surface area (TPSA) is 50.2 Å². The van der Waals surface area contributed by atoms with Gasteiger partial charge in [-0.25, -0.2) is 9.78 Å². The lowest BCUT2D eigenvalue weighted by Gasteiger charge is -2.00. The van der Waals surface area contributed by atoms with Crippen LogP contribution in [0.5, 0.6) is 0 Å². The number of carboxylic acids is 1. The van der Waals surface area contributed by atoms with Crippen LogP contribution in [-0.2, 0) is 0 Å². The van der Waals surface area contributed by atoms with Gasteiger partial charge in [0.2, 0.25) is 0 Å². The van der Waals surface area contributed by atoms with Crippen LogP contribution in [0.15, 0.2) is 30.3 Å². The number of terminal acetylenes is 1. The zero-order valence-electron chi connectivity index (χ0n) is 7.77. The fourth-order valence-electron chi connectivity index (χ4n) is 1.38. The molecule has 1 heterocycles. The second-order valence-corrected chi connectivity index (χ2v) is 3.02. The number of para-hydroxylation sites is 1. The Labute approximate surface area is 86.4 Å². The first-order valence-electron chi connectivity index (χ1n) is 4.32. The van der Waals surface area contributed by atoms with Crippen molar-refractivity contribution in [2.24, 2.45) is 0 Å². The number of rotatable bonds is 1. The van der Waals surface area contributed by atoms with Crippen molar-refractivity contribution in [1.29, 1.82) is 0 Å². The van der Waals surface area contributed by atoms with Gasteiger partial charge in [0.05, 0.1) is 11.1 Å². The normalized spacial score (nSPS) is 9.80. The molecule has 1 aromatic carbocycles. The van der Waals surface area contributed by atoms with Gasteiger partial charge in [-0.3, -0.25) is 0 Å². The zero-order valence-corrected chi connectivity index (χ0v) is 7.77. The highest BCUT2D eigenvalue weighted by Crippen LogP contribution is 2.16. The summed E-state index contributed by atoms with van der Waals surface area (Å²) in [4.78, 5) is 14.7. The molecule has 0 bridgehead atoms. The van der Waals surface area contributed by atoms with Crippen molar-refractivity contribution in [2.45, 2.75) is 0 Å². The van der Waals surface area contributed by atoms with E-state index < -0.39 is 5.97 Å². The number of aromatic nitrogens is 1. The van der Waals surface area contributed by atoms with E-state index in [1.165, 1.54) is 6.07 Å². The van der Waals surface area contributed by atoms with Gasteiger partial charge in [-0.1, -0.05) is 24.1 Å². The second-order valence-electron chi connectivity index (χ2n) is 3.02. The first kappa shape index (κ1) is 9.22. The molecule has 0 aliphatic heterocycles. The molecule has 0 fully saturated rings. The van der Waals surface area contributed by atoms with E-state index in [9.17, 15) is 4.79 Å². The summed E-state index contributed by atoms with van der Waals surface area (Å²) in [6.07, 6.45) is 5.30. The van der Waals surface area contributed by atoms with Crippen LogP contribution in [-0.4, -0.2) is 16.1 Å². The minimum Gasteiger partial charge on any atom is -0.477 e. The number of aromatic carboxylic acids is 1. The molecule has 2 rings (SSSR count). The molecule has 0 radical (unpaired) electrons. The predicted octanol–water partition coefficient (Wildman–Crippen LogP) is 1.91. The lowest BCUT2D eigenvalue weighted by molar-refractivity contribution is 0.0691. The second kappa shape index (κ2) is 3.43. The van der Waals surface area contributed by atoms with Crippen molar-refractivity contribution < 1.29 is 9.90 Å². The van der Waals surface area contributed by atoms with E-state index in [2.05, 4.69) is 10.9 Å². The van der Waals surface area contributed by atoms with Crippen molar-refractivity contribution in [2.75, 3.05) is 0 Å². The van der Waals surface area contributed by atoms with Gasteiger partial charge in [0.1, 0.15) is 5.69 Å². The summed E-state index contributed by atoms with van der Waals surface area (Å²) in [6, 6.07) is 8.56. The summed E-state index contributed by atoms with van der Waals surface area (Å²) in [7, 11) is 0. The van der Waals surface area contributed by atoms with E-state index in [4.69, 9.17) is 11.5 Å². The first-order valence-corrected chi connectivity index (χ1v) is 4.32. The van der Waals surface area contributed by atoms with Gasteiger partial charge in [0, 0.05) is 5.39 Å². The van der Waals surface area contributed by atoms with E-state index in [1.807, 2.05) is 12.1 Å². The highest BCUT2D eigenvalue weighted by atomic mass is 16.4. The van der Waals surface area contributed by atoms with E-state index in [0.29, 0.717) is 11.1 Å². The fourth-order valence-corrected chi connectivity index (χ4v) is 1.38. The molecule has 1 aromatic heterocycles. The van der Waals surface area contributed by atoms with Crippen LogP contribution in [0.3, 0.4) is 0 Å². The van der Waals surface area contributed by atoms with Crippen LogP contribution in [0.4, 0.5) is 0 Å². The molecule has 0 unspecified atom stereocenters. The van der Waals surface area contributed by atoms with Gasteiger partial charge < -0.3 is 5.11 Å². The highest BCUT2D eigenvalue weighted by molar-refractivity contribution is 5.91. The van der Waals surface area contributed by atoms with Crippen LogP contribution in [0.25, 0.3) is 10.9 Å². The zero-order chi connectivity index (χ0) is 10.8. The Bertz CT molecular complexity index is 582. The van der Waals surface area contributed by atoms with Crippen LogP contribution in [0.2, 0.25) is 0 Å². The Hall–Kier alpha value is -2.34. The number of carbonyl (C=O) groups is 1. The number of carboxylic acid groups (broad SMARTS) is 1.